The maximum atomic E-state index is 11.7. The lowest BCUT2D eigenvalue weighted by Crippen LogP contribution is -2.24. The molecular weight excluding hydrogens is 330 g/mol. The average molecular weight is 342 g/mol. The Morgan fingerprint density at radius 1 is 1.28 bits per heavy atom. The maximum absolute atomic E-state index is 11.7. The van der Waals surface area contributed by atoms with Crippen LogP contribution < -0.4 is 5.32 Å². The van der Waals surface area contributed by atoms with Crippen LogP contribution in [0.1, 0.15) is 4.88 Å². The van der Waals surface area contributed by atoms with E-state index >= 15 is 0 Å². The monoisotopic (exact) mass is 341 g/mol. The van der Waals surface area contributed by atoms with Crippen molar-refractivity contribution in [3.63, 3.8) is 0 Å². The van der Waals surface area contributed by atoms with Crippen LogP contribution >= 0.6 is 39.0 Å². The fraction of sp³-hybridized carbons (Fsp3) is 0.154. The van der Waals surface area contributed by atoms with Crippen molar-refractivity contribution in [3.8, 4) is 0 Å². The van der Waals surface area contributed by atoms with Gasteiger partial charge >= 0.3 is 0 Å². The number of benzene rings is 1. The number of hydrogen-bond donors (Lipinski definition) is 1. The lowest BCUT2D eigenvalue weighted by atomic mass is 10.4. The number of carbonyl (C=O) groups is 1. The van der Waals surface area contributed by atoms with Crippen LogP contribution in [0.2, 0.25) is 0 Å². The van der Waals surface area contributed by atoms with Gasteiger partial charge in [0.1, 0.15) is 0 Å². The third kappa shape index (κ3) is 4.15. The minimum absolute atomic E-state index is 0.0594. The Labute approximate surface area is 123 Å². The first-order valence-electron chi connectivity index (χ1n) is 5.42. The highest BCUT2D eigenvalue weighted by molar-refractivity contribution is 9.10. The molecule has 0 atom stereocenters. The third-order valence-electron chi connectivity index (χ3n) is 2.25. The van der Waals surface area contributed by atoms with Crippen molar-refractivity contribution in [1.29, 1.82) is 0 Å². The molecular formula is C13H12BrNOS2. The quantitative estimate of drug-likeness (QED) is 0.835. The highest BCUT2D eigenvalue weighted by atomic mass is 79.9. The Balaban J connectivity index is 1.75. The summed E-state index contributed by atoms with van der Waals surface area (Å²) in [6.45, 7) is 0.590. The molecule has 0 saturated heterocycles. The van der Waals surface area contributed by atoms with Gasteiger partial charge in [-0.05, 0) is 39.5 Å². The lowest BCUT2D eigenvalue weighted by molar-refractivity contribution is -0.118. The molecule has 1 N–H and O–H groups in total. The summed E-state index contributed by atoms with van der Waals surface area (Å²) < 4.78 is 1.06. The van der Waals surface area contributed by atoms with Crippen molar-refractivity contribution >= 4 is 44.9 Å². The molecule has 0 aliphatic heterocycles. The fourth-order valence-corrected chi connectivity index (χ4v) is 3.53. The van der Waals surface area contributed by atoms with Crippen LogP contribution in [0.5, 0.6) is 0 Å². The van der Waals surface area contributed by atoms with Crippen LogP contribution in [0.25, 0.3) is 0 Å². The molecule has 0 saturated carbocycles. The molecule has 1 amide bonds. The number of halogens is 1. The zero-order chi connectivity index (χ0) is 12.8. The van der Waals surface area contributed by atoms with Crippen molar-refractivity contribution in [2.45, 2.75) is 11.4 Å². The summed E-state index contributed by atoms with van der Waals surface area (Å²) in [6, 6.07) is 11.9. The van der Waals surface area contributed by atoms with Crippen LogP contribution in [0.15, 0.2) is 51.1 Å². The number of thiophene rings is 1. The van der Waals surface area contributed by atoms with E-state index in [1.807, 2.05) is 41.8 Å². The first kappa shape index (κ1) is 13.6. The zero-order valence-corrected chi connectivity index (χ0v) is 12.8. The van der Waals surface area contributed by atoms with E-state index in [1.54, 1.807) is 23.1 Å². The summed E-state index contributed by atoms with van der Waals surface area (Å²) in [5, 5.41) is 4.92. The standard InChI is InChI=1S/C13H12BrNOS2/c14-11-6-7-17-12(11)8-15-13(16)9-18-10-4-2-1-3-5-10/h1-7H,8-9H2,(H,15,16). The average Bonchev–Trinajstić information content (AvgIpc) is 2.81. The van der Waals surface area contributed by atoms with Crippen molar-refractivity contribution in [3.05, 3.63) is 51.1 Å². The molecule has 94 valence electrons. The summed E-state index contributed by atoms with van der Waals surface area (Å²) in [5.41, 5.74) is 0. The lowest BCUT2D eigenvalue weighted by Gasteiger charge is -2.04. The second-order valence-corrected chi connectivity index (χ2v) is 6.47. The number of nitrogens with one attached hydrogen (secondary N) is 1. The molecule has 5 heteroatoms. The molecule has 0 bridgehead atoms. The van der Waals surface area contributed by atoms with Gasteiger partial charge in [-0.15, -0.1) is 23.1 Å². The predicted molar refractivity (Wildman–Crippen MR) is 81.0 cm³/mol. The van der Waals surface area contributed by atoms with Gasteiger partial charge in [-0.3, -0.25) is 4.79 Å². The van der Waals surface area contributed by atoms with Crippen LogP contribution in [0.4, 0.5) is 0 Å². The smallest absolute Gasteiger partial charge is 0.230 e. The van der Waals surface area contributed by atoms with Crippen molar-refractivity contribution in [2.24, 2.45) is 0 Å². The summed E-state index contributed by atoms with van der Waals surface area (Å²) >= 11 is 6.63. The number of rotatable bonds is 5. The molecule has 18 heavy (non-hydrogen) atoms. The number of amides is 1. The van der Waals surface area contributed by atoms with E-state index in [9.17, 15) is 4.79 Å². The van der Waals surface area contributed by atoms with Gasteiger partial charge in [0.2, 0.25) is 5.91 Å². The molecule has 0 unspecified atom stereocenters. The van der Waals surface area contributed by atoms with Gasteiger partial charge in [-0.2, -0.15) is 0 Å². The summed E-state index contributed by atoms with van der Waals surface area (Å²) in [6.07, 6.45) is 0. The molecule has 0 aliphatic rings. The van der Waals surface area contributed by atoms with E-state index < -0.39 is 0 Å². The van der Waals surface area contributed by atoms with Crippen molar-refractivity contribution < 1.29 is 4.79 Å². The van der Waals surface area contributed by atoms with Gasteiger partial charge in [0, 0.05) is 14.2 Å². The molecule has 2 rings (SSSR count). The highest BCUT2D eigenvalue weighted by Crippen LogP contribution is 2.22. The Morgan fingerprint density at radius 2 is 2.06 bits per heavy atom. The molecule has 0 spiro atoms. The van der Waals surface area contributed by atoms with Crippen molar-refractivity contribution in [2.75, 3.05) is 5.75 Å². The van der Waals surface area contributed by atoms with E-state index in [0.29, 0.717) is 12.3 Å². The summed E-state index contributed by atoms with van der Waals surface area (Å²) in [7, 11) is 0. The first-order valence-corrected chi connectivity index (χ1v) is 8.08. The number of thioether (sulfide) groups is 1. The Morgan fingerprint density at radius 3 is 2.72 bits per heavy atom. The first-order chi connectivity index (χ1) is 8.75. The molecule has 1 heterocycles. The largest absolute Gasteiger partial charge is 0.350 e. The molecule has 1 aromatic carbocycles. The fourth-order valence-electron chi connectivity index (χ4n) is 1.35. The Bertz CT molecular complexity index is 513. The molecule has 0 aliphatic carbocycles. The normalized spacial score (nSPS) is 10.3. The molecule has 2 nitrogen and oxygen atoms in total. The van der Waals surface area contributed by atoms with Crippen LogP contribution in [0, 0.1) is 0 Å². The molecule has 0 radical (unpaired) electrons. The minimum Gasteiger partial charge on any atom is -0.350 e. The van der Waals surface area contributed by atoms with Crippen LogP contribution in [-0.2, 0) is 11.3 Å². The zero-order valence-electron chi connectivity index (χ0n) is 9.56. The van der Waals surface area contributed by atoms with E-state index in [4.69, 9.17) is 0 Å². The Kier molecular flexibility index (Phi) is 5.28. The van der Waals surface area contributed by atoms with Gasteiger partial charge < -0.3 is 5.32 Å². The molecule has 0 fully saturated rings. The van der Waals surface area contributed by atoms with E-state index in [2.05, 4.69) is 21.2 Å². The molecule has 2 aromatic rings. The predicted octanol–water partition coefficient (Wildman–Crippen LogP) is 3.92. The van der Waals surface area contributed by atoms with Gasteiger partial charge in [-0.25, -0.2) is 0 Å². The SMILES string of the molecule is O=C(CSc1ccccc1)NCc1sccc1Br. The second kappa shape index (κ2) is 6.97. The van der Waals surface area contributed by atoms with Crippen LogP contribution in [-0.4, -0.2) is 11.7 Å². The minimum atomic E-state index is 0.0594. The topological polar surface area (TPSA) is 29.1 Å². The van der Waals surface area contributed by atoms with Gasteiger partial charge in [0.05, 0.1) is 12.3 Å². The van der Waals surface area contributed by atoms with Gasteiger partial charge in [0.15, 0.2) is 0 Å². The highest BCUT2D eigenvalue weighted by Gasteiger charge is 2.05. The van der Waals surface area contributed by atoms with Crippen molar-refractivity contribution in [1.82, 2.24) is 5.32 Å². The maximum Gasteiger partial charge on any atom is 0.230 e. The number of hydrogen-bond acceptors (Lipinski definition) is 3. The van der Waals surface area contributed by atoms with Gasteiger partial charge in [0.25, 0.3) is 0 Å². The Hall–Kier alpha value is -0.780. The summed E-state index contributed by atoms with van der Waals surface area (Å²) in [4.78, 5) is 13.9. The van der Waals surface area contributed by atoms with Gasteiger partial charge in [-0.1, -0.05) is 18.2 Å². The third-order valence-corrected chi connectivity index (χ3v) is 5.19. The number of carbonyl (C=O) groups excluding carboxylic acids is 1. The van der Waals surface area contributed by atoms with E-state index in [-0.39, 0.29) is 5.91 Å². The second-order valence-electron chi connectivity index (χ2n) is 3.57. The van der Waals surface area contributed by atoms with E-state index in [1.165, 1.54) is 0 Å². The summed E-state index contributed by atoms with van der Waals surface area (Å²) in [5.74, 6) is 0.511. The van der Waals surface area contributed by atoms with E-state index in [0.717, 1.165) is 14.2 Å². The van der Waals surface area contributed by atoms with Crippen LogP contribution in [0.3, 0.4) is 0 Å². The molecule has 1 aromatic heterocycles.